The SMILES string of the molecule is C/C=C(/CCCCN1CCN(c2ccc3oc(C(N)=O)cc3c2)CC1)c1cc(CC)ccc1C. The number of fused-ring (bicyclic) bond motifs is 1. The monoisotopic (exact) mass is 459 g/mol. The lowest BCUT2D eigenvalue weighted by atomic mass is 9.93. The average molecular weight is 460 g/mol. The number of primary amides is 1. The number of rotatable bonds is 9. The van der Waals surface area contributed by atoms with E-state index in [0.29, 0.717) is 5.58 Å². The average Bonchev–Trinajstić information content (AvgIpc) is 3.29. The Morgan fingerprint density at radius 1 is 1.06 bits per heavy atom. The van der Waals surface area contributed by atoms with Crippen molar-refractivity contribution in [2.75, 3.05) is 37.6 Å². The molecule has 34 heavy (non-hydrogen) atoms. The van der Waals surface area contributed by atoms with Gasteiger partial charge in [-0.15, -0.1) is 0 Å². The summed E-state index contributed by atoms with van der Waals surface area (Å²) in [4.78, 5) is 16.4. The van der Waals surface area contributed by atoms with E-state index >= 15 is 0 Å². The predicted octanol–water partition coefficient (Wildman–Crippen LogP) is 5.80. The van der Waals surface area contributed by atoms with Crippen LogP contribution in [0, 0.1) is 6.92 Å². The summed E-state index contributed by atoms with van der Waals surface area (Å²) in [6.07, 6.45) is 6.96. The maximum absolute atomic E-state index is 11.4. The van der Waals surface area contributed by atoms with Gasteiger partial charge in [-0.25, -0.2) is 0 Å². The van der Waals surface area contributed by atoms with Crippen LogP contribution in [-0.2, 0) is 6.42 Å². The largest absolute Gasteiger partial charge is 0.451 e. The highest BCUT2D eigenvalue weighted by molar-refractivity contribution is 5.95. The fourth-order valence-electron chi connectivity index (χ4n) is 4.90. The molecule has 0 saturated carbocycles. The lowest BCUT2D eigenvalue weighted by Gasteiger charge is -2.36. The molecule has 4 rings (SSSR count). The predicted molar refractivity (Wildman–Crippen MR) is 141 cm³/mol. The van der Waals surface area contributed by atoms with Crippen molar-refractivity contribution in [2.24, 2.45) is 5.73 Å². The summed E-state index contributed by atoms with van der Waals surface area (Å²) in [5.74, 6) is -0.316. The number of anilines is 1. The number of benzene rings is 2. The molecular weight excluding hydrogens is 422 g/mol. The number of hydrogen-bond acceptors (Lipinski definition) is 4. The zero-order chi connectivity index (χ0) is 24.1. The summed E-state index contributed by atoms with van der Waals surface area (Å²) in [7, 11) is 0. The molecule has 3 aromatic rings. The van der Waals surface area contributed by atoms with Crippen LogP contribution >= 0.6 is 0 Å². The fourth-order valence-corrected chi connectivity index (χ4v) is 4.90. The Morgan fingerprint density at radius 2 is 1.85 bits per heavy atom. The molecule has 1 aliphatic rings. The Labute approximate surface area is 203 Å². The summed E-state index contributed by atoms with van der Waals surface area (Å²) in [6, 6.07) is 14.7. The van der Waals surface area contributed by atoms with E-state index in [0.717, 1.165) is 51.0 Å². The van der Waals surface area contributed by atoms with Gasteiger partial charge in [-0.1, -0.05) is 31.2 Å². The van der Waals surface area contributed by atoms with Crippen LogP contribution in [0.25, 0.3) is 16.5 Å². The lowest BCUT2D eigenvalue weighted by Crippen LogP contribution is -2.46. The number of hydrogen-bond donors (Lipinski definition) is 1. The van der Waals surface area contributed by atoms with E-state index in [-0.39, 0.29) is 5.76 Å². The molecule has 5 heteroatoms. The van der Waals surface area contributed by atoms with Gasteiger partial charge in [0.1, 0.15) is 5.58 Å². The van der Waals surface area contributed by atoms with Crippen molar-refractivity contribution >= 4 is 28.1 Å². The maximum Gasteiger partial charge on any atom is 0.284 e. The van der Waals surface area contributed by atoms with Gasteiger partial charge in [0.05, 0.1) is 0 Å². The number of nitrogens with two attached hydrogens (primary N) is 1. The highest BCUT2D eigenvalue weighted by Crippen LogP contribution is 2.27. The van der Waals surface area contributed by atoms with Gasteiger partial charge in [0.15, 0.2) is 5.76 Å². The molecule has 0 radical (unpaired) electrons. The molecule has 180 valence electrons. The van der Waals surface area contributed by atoms with Crippen LogP contribution in [0.4, 0.5) is 5.69 Å². The molecule has 1 fully saturated rings. The Morgan fingerprint density at radius 3 is 2.56 bits per heavy atom. The van der Waals surface area contributed by atoms with Crippen molar-refractivity contribution in [1.82, 2.24) is 4.90 Å². The molecule has 1 amide bonds. The van der Waals surface area contributed by atoms with Crippen LogP contribution in [0.2, 0.25) is 0 Å². The van der Waals surface area contributed by atoms with Gasteiger partial charge in [-0.05, 0) is 92.6 Å². The lowest BCUT2D eigenvalue weighted by molar-refractivity contribution is 0.0976. The van der Waals surface area contributed by atoms with Gasteiger partial charge in [0.25, 0.3) is 5.91 Å². The summed E-state index contributed by atoms with van der Waals surface area (Å²) < 4.78 is 5.51. The summed E-state index contributed by atoms with van der Waals surface area (Å²) in [5, 5.41) is 0.924. The second kappa shape index (κ2) is 10.9. The Hall–Kier alpha value is -3.05. The smallest absolute Gasteiger partial charge is 0.284 e. The fraction of sp³-hybridized carbons (Fsp3) is 0.414. The third-order valence-electron chi connectivity index (χ3n) is 7.06. The van der Waals surface area contributed by atoms with Gasteiger partial charge in [-0.3, -0.25) is 9.69 Å². The molecule has 0 aliphatic carbocycles. The number of allylic oxidation sites excluding steroid dienone is 2. The molecule has 2 N–H and O–H groups in total. The van der Waals surface area contributed by atoms with E-state index in [1.54, 1.807) is 6.07 Å². The second-order valence-electron chi connectivity index (χ2n) is 9.30. The van der Waals surface area contributed by atoms with Crippen molar-refractivity contribution in [3.63, 3.8) is 0 Å². The number of amides is 1. The quantitative estimate of drug-likeness (QED) is 0.411. The molecule has 1 aromatic heterocycles. The Balaban J connectivity index is 1.25. The van der Waals surface area contributed by atoms with Crippen LogP contribution in [0.3, 0.4) is 0 Å². The molecule has 0 spiro atoms. The van der Waals surface area contributed by atoms with E-state index < -0.39 is 5.91 Å². The maximum atomic E-state index is 11.4. The van der Waals surface area contributed by atoms with Crippen LogP contribution in [0.15, 0.2) is 53.0 Å². The number of furan rings is 1. The number of nitrogens with zero attached hydrogens (tertiary/aromatic N) is 2. The number of carbonyl (C=O) groups is 1. The third-order valence-corrected chi connectivity index (χ3v) is 7.06. The summed E-state index contributed by atoms with van der Waals surface area (Å²) >= 11 is 0. The summed E-state index contributed by atoms with van der Waals surface area (Å²) in [6.45, 7) is 11.9. The molecular formula is C29H37N3O2. The first kappa shape index (κ1) is 24.1. The van der Waals surface area contributed by atoms with Gasteiger partial charge >= 0.3 is 0 Å². The van der Waals surface area contributed by atoms with Crippen LogP contribution in [0.1, 0.15) is 60.4 Å². The molecule has 1 saturated heterocycles. The molecule has 2 heterocycles. The van der Waals surface area contributed by atoms with Crippen molar-refractivity contribution in [3.8, 4) is 0 Å². The first-order valence-corrected chi connectivity index (χ1v) is 12.5. The van der Waals surface area contributed by atoms with Crippen molar-refractivity contribution in [2.45, 2.75) is 46.5 Å². The third kappa shape index (κ3) is 5.53. The van der Waals surface area contributed by atoms with Crippen molar-refractivity contribution in [3.05, 3.63) is 71.0 Å². The Bertz CT molecular complexity index is 1170. The molecule has 0 unspecified atom stereocenters. The topological polar surface area (TPSA) is 62.7 Å². The van der Waals surface area contributed by atoms with E-state index in [4.69, 9.17) is 10.2 Å². The molecule has 0 atom stereocenters. The van der Waals surface area contributed by atoms with E-state index in [9.17, 15) is 4.79 Å². The molecule has 0 bridgehead atoms. The minimum absolute atomic E-state index is 0.214. The number of piperazine rings is 1. The summed E-state index contributed by atoms with van der Waals surface area (Å²) in [5.41, 5.74) is 12.9. The zero-order valence-corrected chi connectivity index (χ0v) is 20.8. The van der Waals surface area contributed by atoms with Crippen LogP contribution in [-0.4, -0.2) is 43.5 Å². The molecule has 1 aliphatic heterocycles. The van der Waals surface area contributed by atoms with Gasteiger partial charge in [0.2, 0.25) is 0 Å². The standard InChI is InChI=1S/C29H37N3O2/c1-4-22-10-9-21(3)26(18-22)23(5-2)8-6-7-13-31-14-16-32(17-15-31)25-11-12-27-24(19-25)20-28(34-27)29(30)33/h5,9-12,18-20H,4,6-8,13-17H2,1-3H3,(H2,30,33)/b23-5-. The first-order valence-electron chi connectivity index (χ1n) is 12.5. The second-order valence-corrected chi connectivity index (χ2v) is 9.30. The van der Waals surface area contributed by atoms with Crippen molar-refractivity contribution < 1.29 is 9.21 Å². The highest BCUT2D eigenvalue weighted by Gasteiger charge is 2.18. The first-order chi connectivity index (χ1) is 16.5. The molecule has 2 aromatic carbocycles. The van der Waals surface area contributed by atoms with E-state index in [1.165, 1.54) is 40.8 Å². The van der Waals surface area contributed by atoms with E-state index in [2.05, 4.69) is 67.0 Å². The van der Waals surface area contributed by atoms with Crippen LogP contribution in [0.5, 0.6) is 0 Å². The number of carbonyl (C=O) groups excluding carboxylic acids is 1. The van der Waals surface area contributed by atoms with Crippen molar-refractivity contribution in [1.29, 1.82) is 0 Å². The normalized spacial score (nSPS) is 15.3. The highest BCUT2D eigenvalue weighted by atomic mass is 16.3. The van der Waals surface area contributed by atoms with Crippen LogP contribution < -0.4 is 10.6 Å². The minimum Gasteiger partial charge on any atom is -0.451 e. The zero-order valence-electron chi connectivity index (χ0n) is 20.8. The minimum atomic E-state index is -0.530. The van der Waals surface area contributed by atoms with Gasteiger partial charge < -0.3 is 15.1 Å². The van der Waals surface area contributed by atoms with E-state index in [1.807, 2.05) is 6.07 Å². The molecule has 5 nitrogen and oxygen atoms in total. The van der Waals surface area contributed by atoms with Gasteiger partial charge in [0, 0.05) is 37.3 Å². The van der Waals surface area contributed by atoms with Gasteiger partial charge in [-0.2, -0.15) is 0 Å². The number of aryl methyl sites for hydroxylation is 2. The Kier molecular flexibility index (Phi) is 7.73. The number of unbranched alkanes of at least 4 members (excludes halogenated alkanes) is 1.